The number of likely N-dealkylation sites (tertiary alicyclic amines) is 1. The first kappa shape index (κ1) is 17.3. The SMILES string of the molecule is CCn1cncc1CNC[C@H]1CCC(=O)N(C2CC2)[C@@H]1c1cnn(C)c1. The number of hydrogen-bond donors (Lipinski definition) is 1. The van der Waals surface area contributed by atoms with E-state index in [0.717, 1.165) is 44.5 Å². The lowest BCUT2D eigenvalue weighted by atomic mass is 9.85. The van der Waals surface area contributed by atoms with Crippen molar-refractivity contribution in [2.24, 2.45) is 13.0 Å². The molecule has 1 N–H and O–H groups in total. The molecule has 2 aromatic rings. The first-order valence-electron chi connectivity index (χ1n) is 9.66. The molecule has 2 fully saturated rings. The van der Waals surface area contributed by atoms with Crippen molar-refractivity contribution in [3.8, 4) is 0 Å². The molecule has 1 aliphatic carbocycles. The van der Waals surface area contributed by atoms with E-state index in [-0.39, 0.29) is 6.04 Å². The van der Waals surface area contributed by atoms with Gasteiger partial charge in [0, 0.05) is 57.1 Å². The molecule has 1 amide bonds. The lowest BCUT2D eigenvalue weighted by molar-refractivity contribution is -0.139. The van der Waals surface area contributed by atoms with Gasteiger partial charge in [-0.2, -0.15) is 5.10 Å². The number of rotatable bonds is 7. The van der Waals surface area contributed by atoms with E-state index in [1.807, 2.05) is 30.5 Å². The minimum absolute atomic E-state index is 0.140. The Labute approximate surface area is 154 Å². The normalized spacial score (nSPS) is 23.6. The Balaban J connectivity index is 1.48. The van der Waals surface area contributed by atoms with Crippen molar-refractivity contribution in [1.82, 2.24) is 29.5 Å². The topological polar surface area (TPSA) is 68.0 Å². The van der Waals surface area contributed by atoms with Crippen LogP contribution in [-0.4, -0.2) is 42.7 Å². The van der Waals surface area contributed by atoms with Gasteiger partial charge in [0.15, 0.2) is 0 Å². The Morgan fingerprint density at radius 3 is 2.81 bits per heavy atom. The number of nitrogens with one attached hydrogen (secondary N) is 1. The molecule has 3 heterocycles. The van der Waals surface area contributed by atoms with Crippen molar-refractivity contribution in [3.63, 3.8) is 0 Å². The monoisotopic (exact) mass is 356 g/mol. The molecular formula is C19H28N6O. The smallest absolute Gasteiger partial charge is 0.223 e. The highest BCUT2D eigenvalue weighted by Crippen LogP contribution is 2.43. The number of piperidine rings is 1. The predicted molar refractivity (Wildman–Crippen MR) is 98.1 cm³/mol. The van der Waals surface area contributed by atoms with Gasteiger partial charge in [0.1, 0.15) is 0 Å². The van der Waals surface area contributed by atoms with Crippen LogP contribution in [0.3, 0.4) is 0 Å². The lowest BCUT2D eigenvalue weighted by Gasteiger charge is -2.41. The highest BCUT2D eigenvalue weighted by molar-refractivity contribution is 5.78. The molecular weight excluding hydrogens is 328 g/mol. The first-order chi connectivity index (χ1) is 12.7. The second kappa shape index (κ2) is 7.23. The van der Waals surface area contributed by atoms with Gasteiger partial charge in [0.05, 0.1) is 24.3 Å². The summed E-state index contributed by atoms with van der Waals surface area (Å²) in [5.41, 5.74) is 2.37. The summed E-state index contributed by atoms with van der Waals surface area (Å²) in [4.78, 5) is 19.0. The van der Waals surface area contributed by atoms with Crippen LogP contribution in [0.15, 0.2) is 24.9 Å². The molecule has 0 aromatic carbocycles. The van der Waals surface area contributed by atoms with Gasteiger partial charge in [0.2, 0.25) is 5.91 Å². The van der Waals surface area contributed by atoms with Crippen LogP contribution in [0.25, 0.3) is 0 Å². The largest absolute Gasteiger partial charge is 0.334 e. The van der Waals surface area contributed by atoms with Crippen LogP contribution in [0.4, 0.5) is 0 Å². The number of imidazole rings is 1. The van der Waals surface area contributed by atoms with E-state index in [1.165, 1.54) is 5.69 Å². The van der Waals surface area contributed by atoms with Crippen molar-refractivity contribution in [1.29, 1.82) is 0 Å². The van der Waals surface area contributed by atoms with Gasteiger partial charge in [-0.15, -0.1) is 0 Å². The molecule has 140 valence electrons. The second-order valence-electron chi connectivity index (χ2n) is 7.53. The quantitative estimate of drug-likeness (QED) is 0.822. The molecule has 7 nitrogen and oxygen atoms in total. The second-order valence-corrected chi connectivity index (χ2v) is 7.53. The molecule has 1 aliphatic heterocycles. The van der Waals surface area contributed by atoms with Crippen LogP contribution in [0.1, 0.15) is 49.9 Å². The Bertz CT molecular complexity index is 762. The van der Waals surface area contributed by atoms with E-state index < -0.39 is 0 Å². The standard InChI is InChI=1S/C19H28N6O/c1-3-24-13-21-11-17(24)10-20-8-14-4-7-18(26)25(16-5-6-16)19(14)15-9-22-23(2)12-15/h9,11-14,16,19-20H,3-8,10H2,1-2H3/t14-,19+/m1/s1. The summed E-state index contributed by atoms with van der Waals surface area (Å²) in [5.74, 6) is 0.720. The predicted octanol–water partition coefficient (Wildman–Crippen LogP) is 1.87. The molecule has 26 heavy (non-hydrogen) atoms. The van der Waals surface area contributed by atoms with Gasteiger partial charge in [-0.05, 0) is 32.1 Å². The third-order valence-corrected chi connectivity index (χ3v) is 5.62. The molecule has 0 bridgehead atoms. The molecule has 0 radical (unpaired) electrons. The van der Waals surface area contributed by atoms with E-state index in [2.05, 4.69) is 38.0 Å². The maximum atomic E-state index is 12.6. The van der Waals surface area contributed by atoms with Gasteiger partial charge in [-0.3, -0.25) is 9.48 Å². The third-order valence-electron chi connectivity index (χ3n) is 5.62. The van der Waals surface area contributed by atoms with E-state index in [0.29, 0.717) is 24.3 Å². The number of nitrogens with zero attached hydrogens (tertiary/aromatic N) is 5. The van der Waals surface area contributed by atoms with Gasteiger partial charge >= 0.3 is 0 Å². The zero-order valence-corrected chi connectivity index (χ0v) is 15.6. The fraction of sp³-hybridized carbons (Fsp3) is 0.632. The number of carbonyl (C=O) groups is 1. The Hall–Kier alpha value is -2.15. The molecule has 4 rings (SSSR count). The minimum atomic E-state index is 0.140. The maximum absolute atomic E-state index is 12.6. The maximum Gasteiger partial charge on any atom is 0.223 e. The summed E-state index contributed by atoms with van der Waals surface area (Å²) in [6.45, 7) is 4.76. The lowest BCUT2D eigenvalue weighted by Crippen LogP contribution is -2.46. The number of aromatic nitrogens is 4. The number of carbonyl (C=O) groups excluding carboxylic acids is 1. The molecule has 2 atom stereocenters. The Morgan fingerprint density at radius 1 is 1.27 bits per heavy atom. The average molecular weight is 356 g/mol. The summed E-state index contributed by atoms with van der Waals surface area (Å²) in [5, 5.41) is 7.96. The molecule has 2 aliphatic rings. The molecule has 2 aromatic heterocycles. The van der Waals surface area contributed by atoms with Gasteiger partial charge in [0.25, 0.3) is 0 Å². The van der Waals surface area contributed by atoms with Gasteiger partial charge in [-0.1, -0.05) is 0 Å². The van der Waals surface area contributed by atoms with Crippen LogP contribution < -0.4 is 5.32 Å². The van der Waals surface area contributed by atoms with Crippen LogP contribution in [-0.2, 0) is 24.9 Å². The van der Waals surface area contributed by atoms with E-state index in [9.17, 15) is 4.79 Å². The number of aryl methyl sites for hydroxylation is 2. The average Bonchev–Trinajstić information content (AvgIpc) is 3.21. The van der Waals surface area contributed by atoms with Gasteiger partial charge < -0.3 is 14.8 Å². The van der Waals surface area contributed by atoms with E-state index in [4.69, 9.17) is 0 Å². The Kier molecular flexibility index (Phi) is 4.80. The van der Waals surface area contributed by atoms with Crippen molar-refractivity contribution >= 4 is 5.91 Å². The summed E-state index contributed by atoms with van der Waals surface area (Å²) in [6.07, 6.45) is 11.7. The fourth-order valence-electron chi connectivity index (χ4n) is 4.17. The molecule has 7 heteroatoms. The summed E-state index contributed by atoms with van der Waals surface area (Å²) < 4.78 is 4.00. The van der Waals surface area contributed by atoms with Gasteiger partial charge in [-0.25, -0.2) is 4.98 Å². The molecule has 1 saturated heterocycles. The van der Waals surface area contributed by atoms with E-state index >= 15 is 0 Å². The van der Waals surface area contributed by atoms with Crippen LogP contribution >= 0.6 is 0 Å². The number of hydrogen-bond acceptors (Lipinski definition) is 4. The highest BCUT2D eigenvalue weighted by Gasteiger charge is 2.44. The number of amides is 1. The van der Waals surface area contributed by atoms with Crippen molar-refractivity contribution in [2.45, 2.75) is 57.8 Å². The van der Waals surface area contributed by atoms with Crippen LogP contribution in [0.5, 0.6) is 0 Å². The van der Waals surface area contributed by atoms with Crippen LogP contribution in [0, 0.1) is 5.92 Å². The summed E-state index contributed by atoms with van der Waals surface area (Å²) >= 11 is 0. The zero-order chi connectivity index (χ0) is 18.1. The van der Waals surface area contributed by atoms with E-state index in [1.54, 1.807) is 0 Å². The molecule has 0 unspecified atom stereocenters. The Morgan fingerprint density at radius 2 is 2.12 bits per heavy atom. The minimum Gasteiger partial charge on any atom is -0.334 e. The molecule has 1 saturated carbocycles. The van der Waals surface area contributed by atoms with Crippen molar-refractivity contribution < 1.29 is 4.79 Å². The molecule has 0 spiro atoms. The zero-order valence-electron chi connectivity index (χ0n) is 15.6. The third kappa shape index (κ3) is 3.40. The summed E-state index contributed by atoms with van der Waals surface area (Å²) in [6, 6.07) is 0.568. The first-order valence-corrected chi connectivity index (χ1v) is 9.66. The van der Waals surface area contributed by atoms with Crippen molar-refractivity contribution in [2.75, 3.05) is 6.54 Å². The van der Waals surface area contributed by atoms with Crippen molar-refractivity contribution in [3.05, 3.63) is 36.2 Å². The fourth-order valence-corrected chi connectivity index (χ4v) is 4.17. The highest BCUT2D eigenvalue weighted by atomic mass is 16.2. The summed E-state index contributed by atoms with van der Waals surface area (Å²) in [7, 11) is 1.94. The van der Waals surface area contributed by atoms with Crippen LogP contribution in [0.2, 0.25) is 0 Å².